The van der Waals surface area contributed by atoms with E-state index in [9.17, 15) is 24.9 Å². The molecular weight excluding hydrogens is 731 g/mol. The summed E-state index contributed by atoms with van der Waals surface area (Å²) in [5.41, 5.74) is 3.91. The van der Waals surface area contributed by atoms with E-state index in [1.54, 1.807) is 19.1 Å². The van der Waals surface area contributed by atoms with Crippen LogP contribution in [0.3, 0.4) is 0 Å². The van der Waals surface area contributed by atoms with Gasteiger partial charge >= 0.3 is 11.9 Å². The topological polar surface area (TPSA) is 169 Å². The molecular formula is C40H49N3O11S. The summed E-state index contributed by atoms with van der Waals surface area (Å²) in [5.74, 6) is 1.24. The van der Waals surface area contributed by atoms with Crippen LogP contribution in [-0.2, 0) is 32.7 Å². The van der Waals surface area contributed by atoms with Crippen LogP contribution in [0.1, 0.15) is 63.5 Å². The van der Waals surface area contributed by atoms with Gasteiger partial charge in [0, 0.05) is 59.7 Å². The number of aliphatic hydroxyl groups excluding tert-OH is 1. The molecule has 0 aromatic heterocycles. The monoisotopic (exact) mass is 779 g/mol. The van der Waals surface area contributed by atoms with Gasteiger partial charge in [-0.15, -0.1) is 0 Å². The number of phenolic OH excluding ortho intramolecular Hbond substituents is 2. The number of aryl methyl sites for hydroxylation is 1. The molecule has 5 atom stereocenters. The number of benzene rings is 3. The van der Waals surface area contributed by atoms with Crippen molar-refractivity contribution in [2.75, 3.05) is 59.8 Å². The van der Waals surface area contributed by atoms with Gasteiger partial charge in [-0.25, -0.2) is 4.79 Å². The third-order valence-corrected chi connectivity index (χ3v) is 12.6. The number of carbonyl (C=O) groups excluding carboxylic acids is 2. The number of hydrogen-bond donors (Lipinski definition) is 4. The number of thioether (sulfide) groups is 1. The van der Waals surface area contributed by atoms with Crippen molar-refractivity contribution in [2.45, 2.75) is 70.4 Å². The normalized spacial score (nSPS) is 25.0. The van der Waals surface area contributed by atoms with Crippen LogP contribution in [0, 0.1) is 20.8 Å². The molecule has 0 unspecified atom stereocenters. The first-order valence-electron chi connectivity index (χ1n) is 18.3. The average molecular weight is 780 g/mol. The number of likely N-dealkylation sites (N-methyl/N-ethyl adjacent to an activating group) is 1. The van der Waals surface area contributed by atoms with E-state index in [1.165, 1.54) is 32.9 Å². The first-order valence-corrected chi connectivity index (χ1v) is 19.4. The molecule has 1 saturated heterocycles. The molecule has 3 aromatic rings. The summed E-state index contributed by atoms with van der Waals surface area (Å²) in [5, 5.41) is 38.6. The van der Waals surface area contributed by atoms with Crippen LogP contribution in [0.5, 0.6) is 40.2 Å². The number of ether oxygens (including phenoxy) is 6. The van der Waals surface area contributed by atoms with Crippen molar-refractivity contribution in [3.8, 4) is 40.2 Å². The quantitative estimate of drug-likeness (QED) is 0.217. The Balaban J connectivity index is 1.47. The van der Waals surface area contributed by atoms with Gasteiger partial charge in [0.15, 0.2) is 40.0 Å². The van der Waals surface area contributed by atoms with E-state index < -0.39 is 41.8 Å². The molecule has 0 saturated carbocycles. The van der Waals surface area contributed by atoms with Gasteiger partial charge in [-0.1, -0.05) is 6.07 Å². The number of carbonyl (C=O) groups is 2. The predicted molar refractivity (Wildman–Crippen MR) is 204 cm³/mol. The van der Waals surface area contributed by atoms with E-state index in [2.05, 4.69) is 5.32 Å². The first-order chi connectivity index (χ1) is 26.2. The Morgan fingerprint density at radius 1 is 1.00 bits per heavy atom. The number of methoxy groups -OCH3 is 2. The summed E-state index contributed by atoms with van der Waals surface area (Å²) in [7, 11) is 6.84. The third-order valence-electron chi connectivity index (χ3n) is 11.4. The number of fused-ring (bicyclic) bond motifs is 5. The van der Waals surface area contributed by atoms with Crippen molar-refractivity contribution in [1.29, 1.82) is 0 Å². The van der Waals surface area contributed by atoms with E-state index in [-0.39, 0.29) is 42.8 Å². The van der Waals surface area contributed by atoms with Crippen molar-refractivity contribution in [2.24, 2.45) is 0 Å². The Morgan fingerprint density at radius 2 is 1.75 bits per heavy atom. The summed E-state index contributed by atoms with van der Waals surface area (Å²) < 4.78 is 35.6. The molecule has 4 heterocycles. The third kappa shape index (κ3) is 6.39. The molecule has 1 fully saturated rings. The van der Waals surface area contributed by atoms with Crippen LogP contribution in [-0.4, -0.2) is 109 Å². The number of aliphatic hydroxyl groups is 1. The number of nitrogens with one attached hydrogen (secondary N) is 1. The fourth-order valence-electron chi connectivity index (χ4n) is 9.04. The zero-order valence-corrected chi connectivity index (χ0v) is 33.2. The lowest BCUT2D eigenvalue weighted by molar-refractivity contribution is -0.157. The smallest absolute Gasteiger partial charge is 0.331 e. The fourth-order valence-corrected chi connectivity index (χ4v) is 10.4. The average Bonchev–Trinajstić information content (AvgIpc) is 3.58. The van der Waals surface area contributed by atoms with Crippen molar-refractivity contribution >= 4 is 23.7 Å². The second kappa shape index (κ2) is 14.9. The highest BCUT2D eigenvalue weighted by Crippen LogP contribution is 2.53. The molecule has 0 bridgehead atoms. The summed E-state index contributed by atoms with van der Waals surface area (Å²) in [4.78, 5) is 31.2. The van der Waals surface area contributed by atoms with E-state index in [4.69, 9.17) is 28.4 Å². The van der Waals surface area contributed by atoms with Crippen LogP contribution in [0.4, 0.5) is 0 Å². The van der Waals surface area contributed by atoms with Gasteiger partial charge in [0.25, 0.3) is 0 Å². The van der Waals surface area contributed by atoms with Crippen LogP contribution < -0.4 is 29.0 Å². The lowest BCUT2D eigenvalue weighted by Crippen LogP contribution is -2.58. The molecule has 7 rings (SSSR count). The lowest BCUT2D eigenvalue weighted by atomic mass is 9.83. The van der Waals surface area contributed by atoms with Gasteiger partial charge in [0.2, 0.25) is 6.79 Å². The molecule has 3 aromatic carbocycles. The maximum Gasteiger partial charge on any atom is 0.331 e. The van der Waals surface area contributed by atoms with Crippen LogP contribution in [0.25, 0.3) is 0 Å². The van der Waals surface area contributed by atoms with Crippen LogP contribution in [0.2, 0.25) is 0 Å². The largest absolute Gasteiger partial charge is 0.504 e. The van der Waals surface area contributed by atoms with E-state index in [1.807, 2.05) is 43.8 Å². The van der Waals surface area contributed by atoms with Gasteiger partial charge < -0.3 is 48.6 Å². The summed E-state index contributed by atoms with van der Waals surface area (Å²) in [6.45, 7) is 6.91. The van der Waals surface area contributed by atoms with Crippen molar-refractivity contribution in [3.05, 3.63) is 62.7 Å². The number of aromatic hydroxyl groups is 2. The molecule has 4 aliphatic heterocycles. The van der Waals surface area contributed by atoms with Gasteiger partial charge in [-0.2, -0.15) is 11.8 Å². The number of nitrogens with zero attached hydrogens (tertiary/aromatic N) is 2. The van der Waals surface area contributed by atoms with Crippen molar-refractivity contribution in [1.82, 2.24) is 15.1 Å². The minimum atomic E-state index is -1.32. The summed E-state index contributed by atoms with van der Waals surface area (Å²) in [6.07, 6.45) is -0.439. The van der Waals surface area contributed by atoms with Gasteiger partial charge in [-0.3, -0.25) is 15.0 Å². The Labute approximate surface area is 324 Å². The van der Waals surface area contributed by atoms with Crippen molar-refractivity contribution < 1.29 is 53.3 Å². The molecule has 1 spiro atoms. The zero-order valence-electron chi connectivity index (χ0n) is 32.4. The van der Waals surface area contributed by atoms with Gasteiger partial charge in [0.1, 0.15) is 18.6 Å². The Hall–Kier alpha value is -4.41. The molecule has 0 amide bonds. The molecule has 4 aliphatic rings. The van der Waals surface area contributed by atoms with Gasteiger partial charge in [0.05, 0.1) is 26.3 Å². The van der Waals surface area contributed by atoms with Crippen LogP contribution >= 0.6 is 11.8 Å². The van der Waals surface area contributed by atoms with E-state index in [0.717, 1.165) is 16.7 Å². The standard InChI is InChI=1S/C40H49N3O11S/c1-19-11-24-13-30(46)43-26(31-20(2)36(54-22(4)44)21(3)37-38(31)53-18-52-37)15-51-39(48)40(25-14-29(49-7)28(45)12-23(25)9-10-41-40)17-55-16-27(43)33(42(5)6)32(24)34(47)35(19)50-8/h11-12,14,26-27,30,33,41,45-47H,9-10,13,15-18H2,1-8H3/t26-,27-,30-,33+,40+/m0/s1. The number of esters is 2. The van der Waals surface area contributed by atoms with Gasteiger partial charge in [-0.05, 0) is 75.7 Å². The molecule has 15 heteroatoms. The minimum Gasteiger partial charge on any atom is -0.504 e. The maximum absolute atomic E-state index is 14.8. The highest BCUT2D eigenvalue weighted by Gasteiger charge is 2.51. The second-order valence-electron chi connectivity index (χ2n) is 14.8. The molecule has 14 nitrogen and oxygen atoms in total. The molecule has 0 aliphatic carbocycles. The first kappa shape index (κ1) is 38.8. The highest BCUT2D eigenvalue weighted by molar-refractivity contribution is 7.99. The summed E-state index contributed by atoms with van der Waals surface area (Å²) >= 11 is 1.51. The fraction of sp³-hybridized carbons (Fsp3) is 0.500. The zero-order chi connectivity index (χ0) is 39.5. The Morgan fingerprint density at radius 3 is 2.44 bits per heavy atom. The molecule has 0 radical (unpaired) electrons. The minimum absolute atomic E-state index is 0.00264. The lowest BCUT2D eigenvalue weighted by Gasteiger charge is -2.46. The number of hydrogen-bond acceptors (Lipinski definition) is 15. The molecule has 296 valence electrons. The van der Waals surface area contributed by atoms with E-state index >= 15 is 0 Å². The maximum atomic E-state index is 14.8. The van der Waals surface area contributed by atoms with E-state index in [0.29, 0.717) is 69.5 Å². The number of phenols is 2. The molecule has 4 N–H and O–H groups in total. The SMILES string of the molecule is COc1cc2c(cc1O)CCN[C@]21CSC[C@H]2[C@@H](N(C)C)c3c(cc(C)c(OC)c3O)C[C@H](O)N2[C@H](c2c(C)c(OC(C)=O)c(C)c3c2OCO3)COC1=O. The molecule has 55 heavy (non-hydrogen) atoms. The summed E-state index contributed by atoms with van der Waals surface area (Å²) in [6, 6.07) is 3.38. The Kier molecular flexibility index (Phi) is 10.5. The second-order valence-corrected chi connectivity index (χ2v) is 15.8. The number of cyclic esters (lactones) is 1. The van der Waals surface area contributed by atoms with Crippen molar-refractivity contribution in [3.63, 3.8) is 0 Å². The van der Waals surface area contributed by atoms with Crippen LogP contribution in [0.15, 0.2) is 18.2 Å². The Bertz CT molecular complexity index is 2040. The highest BCUT2D eigenvalue weighted by atomic mass is 32.2. The number of rotatable bonds is 5. The predicted octanol–water partition coefficient (Wildman–Crippen LogP) is 3.91.